The SMILES string of the molecule is CCN(CC)C(=O)[C@@H]1C=C2c3cccc4[nH]cc(c34)C[C@H]2N(CC(C)=O)C1. The van der Waals surface area contributed by atoms with Gasteiger partial charge in [-0.15, -0.1) is 0 Å². The number of rotatable bonds is 5. The maximum Gasteiger partial charge on any atom is 0.230 e. The lowest BCUT2D eigenvalue weighted by atomic mass is 9.79. The number of carbonyl (C=O) groups excluding carboxylic acids is 2. The molecule has 1 amide bonds. The molecule has 0 fully saturated rings. The van der Waals surface area contributed by atoms with E-state index in [1.165, 1.54) is 22.1 Å². The molecular formula is C22H27N3O2. The number of hydrogen-bond donors (Lipinski definition) is 1. The van der Waals surface area contributed by atoms with Crippen molar-refractivity contribution >= 4 is 28.2 Å². The van der Waals surface area contributed by atoms with E-state index in [2.05, 4.69) is 40.4 Å². The van der Waals surface area contributed by atoms with Crippen molar-refractivity contribution in [1.29, 1.82) is 0 Å². The number of aromatic nitrogens is 1. The first-order valence-electron chi connectivity index (χ1n) is 9.86. The molecule has 0 saturated carbocycles. The molecular weight excluding hydrogens is 338 g/mol. The van der Waals surface area contributed by atoms with Crippen LogP contribution in [0.5, 0.6) is 0 Å². The van der Waals surface area contributed by atoms with Crippen LogP contribution in [0.15, 0.2) is 30.5 Å². The molecule has 142 valence electrons. The summed E-state index contributed by atoms with van der Waals surface area (Å²) < 4.78 is 0. The van der Waals surface area contributed by atoms with Crippen LogP contribution in [0.3, 0.4) is 0 Å². The van der Waals surface area contributed by atoms with Gasteiger partial charge < -0.3 is 9.88 Å². The largest absolute Gasteiger partial charge is 0.361 e. The second-order valence-corrected chi connectivity index (χ2v) is 7.63. The molecule has 27 heavy (non-hydrogen) atoms. The summed E-state index contributed by atoms with van der Waals surface area (Å²) in [6, 6.07) is 6.46. The summed E-state index contributed by atoms with van der Waals surface area (Å²) in [4.78, 5) is 32.5. The Kier molecular flexibility index (Phi) is 4.64. The molecule has 1 aromatic heterocycles. The molecule has 5 nitrogen and oxygen atoms in total. The third kappa shape index (κ3) is 3.00. The number of Topliss-reactive ketones (excluding diaryl/α,β-unsaturated/α-hetero) is 1. The van der Waals surface area contributed by atoms with E-state index in [4.69, 9.17) is 0 Å². The van der Waals surface area contributed by atoms with Crippen LogP contribution >= 0.6 is 0 Å². The second kappa shape index (κ2) is 6.97. The van der Waals surface area contributed by atoms with Gasteiger partial charge in [0.2, 0.25) is 5.91 Å². The number of carbonyl (C=O) groups is 2. The van der Waals surface area contributed by atoms with Gasteiger partial charge in [0.05, 0.1) is 12.5 Å². The number of ketones is 1. The van der Waals surface area contributed by atoms with E-state index in [-0.39, 0.29) is 23.7 Å². The quantitative estimate of drug-likeness (QED) is 0.886. The first kappa shape index (κ1) is 18.0. The normalized spacial score (nSPS) is 21.7. The summed E-state index contributed by atoms with van der Waals surface area (Å²) in [7, 11) is 0. The number of nitrogens with one attached hydrogen (secondary N) is 1. The molecule has 4 rings (SSSR count). The van der Waals surface area contributed by atoms with Crippen molar-refractivity contribution in [3.8, 4) is 0 Å². The average molecular weight is 365 g/mol. The molecule has 1 aromatic carbocycles. The Morgan fingerprint density at radius 3 is 2.74 bits per heavy atom. The van der Waals surface area contributed by atoms with Crippen molar-refractivity contribution < 1.29 is 9.59 Å². The van der Waals surface area contributed by atoms with Gasteiger partial charge in [0.15, 0.2) is 0 Å². The van der Waals surface area contributed by atoms with Crippen LogP contribution in [0, 0.1) is 5.92 Å². The summed E-state index contributed by atoms with van der Waals surface area (Å²) >= 11 is 0. The predicted octanol–water partition coefficient (Wildman–Crippen LogP) is 2.87. The summed E-state index contributed by atoms with van der Waals surface area (Å²) in [5, 5.41) is 1.26. The Labute approximate surface area is 160 Å². The minimum absolute atomic E-state index is 0.142. The van der Waals surface area contributed by atoms with Crippen molar-refractivity contribution in [2.24, 2.45) is 5.92 Å². The zero-order valence-electron chi connectivity index (χ0n) is 16.3. The van der Waals surface area contributed by atoms with Crippen LogP contribution in [0.2, 0.25) is 0 Å². The average Bonchev–Trinajstić information content (AvgIpc) is 3.07. The Bertz CT molecular complexity index is 923. The summed E-state index contributed by atoms with van der Waals surface area (Å²) in [5.41, 5.74) is 4.83. The molecule has 5 heteroatoms. The van der Waals surface area contributed by atoms with Crippen LogP contribution in [0.1, 0.15) is 31.9 Å². The van der Waals surface area contributed by atoms with Gasteiger partial charge in [0, 0.05) is 42.8 Å². The lowest BCUT2D eigenvalue weighted by Crippen LogP contribution is -2.50. The maximum atomic E-state index is 13.1. The number of benzene rings is 1. The van der Waals surface area contributed by atoms with Gasteiger partial charge in [-0.25, -0.2) is 0 Å². The molecule has 1 N–H and O–H groups in total. The number of nitrogens with zero attached hydrogens (tertiary/aromatic N) is 2. The smallest absolute Gasteiger partial charge is 0.230 e. The zero-order valence-corrected chi connectivity index (χ0v) is 16.3. The Morgan fingerprint density at radius 2 is 2.04 bits per heavy atom. The minimum Gasteiger partial charge on any atom is -0.361 e. The third-order valence-electron chi connectivity index (χ3n) is 5.94. The molecule has 1 aliphatic heterocycles. The third-order valence-corrected chi connectivity index (χ3v) is 5.94. The first-order valence-corrected chi connectivity index (χ1v) is 9.86. The topological polar surface area (TPSA) is 56.4 Å². The van der Waals surface area contributed by atoms with Gasteiger partial charge in [0.1, 0.15) is 5.78 Å². The second-order valence-electron chi connectivity index (χ2n) is 7.63. The fourth-order valence-corrected chi connectivity index (χ4v) is 4.71. The van der Waals surface area contributed by atoms with Crippen LogP contribution in [0.25, 0.3) is 16.5 Å². The highest BCUT2D eigenvalue weighted by atomic mass is 16.2. The molecule has 0 unspecified atom stereocenters. The number of amides is 1. The van der Waals surface area contributed by atoms with E-state index >= 15 is 0 Å². The predicted molar refractivity (Wildman–Crippen MR) is 107 cm³/mol. The molecule has 2 heterocycles. The van der Waals surface area contributed by atoms with Gasteiger partial charge in [-0.1, -0.05) is 18.2 Å². The number of fused-ring (bicyclic) bond motifs is 2. The number of hydrogen-bond acceptors (Lipinski definition) is 3. The Hall–Kier alpha value is -2.40. The van der Waals surface area contributed by atoms with E-state index in [1.807, 2.05) is 18.7 Å². The highest BCUT2D eigenvalue weighted by Crippen LogP contribution is 2.41. The van der Waals surface area contributed by atoms with E-state index < -0.39 is 0 Å². The van der Waals surface area contributed by atoms with Crippen molar-refractivity contribution in [3.63, 3.8) is 0 Å². The van der Waals surface area contributed by atoms with Crippen molar-refractivity contribution in [2.75, 3.05) is 26.2 Å². The molecule has 0 spiro atoms. The minimum atomic E-state index is -0.203. The molecule has 0 bridgehead atoms. The Balaban J connectivity index is 1.81. The number of aromatic amines is 1. The molecule has 1 aliphatic carbocycles. The summed E-state index contributed by atoms with van der Waals surface area (Å²) in [5.74, 6) is 0.0983. The zero-order chi connectivity index (χ0) is 19.1. The van der Waals surface area contributed by atoms with Gasteiger partial charge in [-0.05, 0) is 50.0 Å². The van der Waals surface area contributed by atoms with Gasteiger partial charge in [-0.3, -0.25) is 14.5 Å². The molecule has 2 aliphatic rings. The van der Waals surface area contributed by atoms with Crippen LogP contribution in [-0.4, -0.2) is 58.7 Å². The van der Waals surface area contributed by atoms with Crippen molar-refractivity contribution in [3.05, 3.63) is 41.6 Å². The van der Waals surface area contributed by atoms with Crippen LogP contribution in [0.4, 0.5) is 0 Å². The van der Waals surface area contributed by atoms with E-state index in [0.717, 1.165) is 11.9 Å². The highest BCUT2D eigenvalue weighted by molar-refractivity contribution is 5.99. The first-order chi connectivity index (χ1) is 13.0. The van der Waals surface area contributed by atoms with E-state index in [9.17, 15) is 9.59 Å². The number of H-pyrrole nitrogens is 1. The molecule has 0 radical (unpaired) electrons. The molecule has 0 saturated heterocycles. The highest BCUT2D eigenvalue weighted by Gasteiger charge is 2.38. The molecule has 2 aromatic rings. The van der Waals surface area contributed by atoms with Gasteiger partial charge in [0.25, 0.3) is 0 Å². The summed E-state index contributed by atoms with van der Waals surface area (Å²) in [6.07, 6.45) is 5.14. The van der Waals surface area contributed by atoms with Crippen LogP contribution in [-0.2, 0) is 16.0 Å². The lowest BCUT2D eigenvalue weighted by Gasteiger charge is -2.42. The fraction of sp³-hybridized carbons (Fsp3) is 0.455. The summed E-state index contributed by atoms with van der Waals surface area (Å²) in [6.45, 7) is 8.08. The van der Waals surface area contributed by atoms with Crippen molar-refractivity contribution in [2.45, 2.75) is 33.2 Å². The lowest BCUT2D eigenvalue weighted by molar-refractivity contribution is -0.135. The maximum absolute atomic E-state index is 13.1. The van der Waals surface area contributed by atoms with Crippen LogP contribution < -0.4 is 0 Å². The van der Waals surface area contributed by atoms with Gasteiger partial charge >= 0.3 is 0 Å². The molecule has 2 atom stereocenters. The fourth-order valence-electron chi connectivity index (χ4n) is 4.71. The standard InChI is InChI=1S/C22H27N3O2/c1-4-24(5-2)22(27)16-9-18-17-7-6-8-19-21(17)15(11-23-19)10-20(18)25(13-16)12-14(3)26/h6-9,11,16,20,23H,4-5,10,12-13H2,1-3H3/t16-,20-/m1/s1. The van der Waals surface area contributed by atoms with E-state index in [0.29, 0.717) is 26.2 Å². The van der Waals surface area contributed by atoms with E-state index in [1.54, 1.807) is 6.92 Å². The Morgan fingerprint density at radius 1 is 1.26 bits per heavy atom. The monoisotopic (exact) mass is 365 g/mol. The van der Waals surface area contributed by atoms with Gasteiger partial charge in [-0.2, -0.15) is 0 Å². The van der Waals surface area contributed by atoms with Crippen molar-refractivity contribution in [1.82, 2.24) is 14.8 Å².